The van der Waals surface area contributed by atoms with Crippen molar-refractivity contribution in [1.29, 1.82) is 0 Å². The first kappa shape index (κ1) is 23.1. The minimum absolute atomic E-state index is 0.149. The summed E-state index contributed by atoms with van der Waals surface area (Å²) in [6.07, 6.45) is 8.50. The summed E-state index contributed by atoms with van der Waals surface area (Å²) in [5.41, 5.74) is 1.69. The average Bonchev–Trinajstić information content (AvgIpc) is 3.38. The van der Waals surface area contributed by atoms with Crippen LogP contribution in [0.15, 0.2) is 24.3 Å². The lowest BCUT2D eigenvalue weighted by Gasteiger charge is -2.35. The predicted octanol–water partition coefficient (Wildman–Crippen LogP) is 8.06. The zero-order valence-corrected chi connectivity index (χ0v) is 21.1. The quantitative estimate of drug-likeness (QED) is 0.391. The van der Waals surface area contributed by atoms with Crippen LogP contribution in [0.25, 0.3) is 0 Å². The number of rotatable bonds is 8. The Labute approximate surface area is 191 Å². The fraction of sp³-hybridized carbons (Fsp3) is 0.793. The molecule has 2 nitrogen and oxygen atoms in total. The highest BCUT2D eigenvalue weighted by Gasteiger charge is 2.54. The fourth-order valence-corrected chi connectivity index (χ4v) is 7.03. The van der Waals surface area contributed by atoms with Gasteiger partial charge in [0.2, 0.25) is 6.29 Å². The lowest BCUT2D eigenvalue weighted by atomic mass is 9.72. The molecule has 174 valence electrons. The molecular formula is C29H46O2. The first-order valence-electron chi connectivity index (χ1n) is 13.1. The summed E-state index contributed by atoms with van der Waals surface area (Å²) in [6, 6.07) is 8.90. The van der Waals surface area contributed by atoms with Gasteiger partial charge in [-0.25, -0.2) is 0 Å². The first-order chi connectivity index (χ1) is 14.6. The molecule has 0 spiro atoms. The van der Waals surface area contributed by atoms with E-state index in [1.54, 1.807) is 0 Å². The Morgan fingerprint density at radius 2 is 1.58 bits per heavy atom. The van der Waals surface area contributed by atoms with Crippen molar-refractivity contribution in [3.63, 3.8) is 0 Å². The molecule has 3 aliphatic carbocycles. The highest BCUT2D eigenvalue weighted by molar-refractivity contribution is 5.30. The van der Waals surface area contributed by atoms with E-state index in [1.807, 2.05) is 0 Å². The van der Waals surface area contributed by atoms with E-state index < -0.39 is 0 Å². The van der Waals surface area contributed by atoms with Crippen molar-refractivity contribution in [1.82, 2.24) is 0 Å². The van der Waals surface area contributed by atoms with E-state index >= 15 is 0 Å². The average molecular weight is 427 g/mol. The smallest absolute Gasteiger partial charge is 0.202 e. The molecule has 2 bridgehead atoms. The highest BCUT2D eigenvalue weighted by atomic mass is 16.7. The van der Waals surface area contributed by atoms with Crippen LogP contribution in [0.5, 0.6) is 5.75 Å². The molecule has 7 atom stereocenters. The maximum absolute atomic E-state index is 6.68. The maximum Gasteiger partial charge on any atom is 0.202 e. The molecule has 0 N–H and O–H groups in total. The van der Waals surface area contributed by atoms with Crippen LogP contribution < -0.4 is 4.74 Å². The van der Waals surface area contributed by atoms with Crippen LogP contribution in [0.2, 0.25) is 0 Å². The standard InChI is InChI=1S/C29H46O2/c1-18(2)15-26(29(5,6)7)20-11-13-22(14-12-20)30-28(19(3)4)31-27-17-21-16-25(27)24-10-8-9-23(21)24/h11-14,18-19,21,23-28H,8-10,15-17H2,1-7H3. The van der Waals surface area contributed by atoms with Crippen molar-refractivity contribution < 1.29 is 9.47 Å². The third-order valence-corrected chi connectivity index (χ3v) is 8.51. The number of ether oxygens (including phenoxy) is 2. The molecule has 0 aliphatic heterocycles. The van der Waals surface area contributed by atoms with Gasteiger partial charge < -0.3 is 9.47 Å². The van der Waals surface area contributed by atoms with Crippen LogP contribution in [0.4, 0.5) is 0 Å². The zero-order valence-electron chi connectivity index (χ0n) is 21.1. The molecule has 0 amide bonds. The van der Waals surface area contributed by atoms with Gasteiger partial charge in [0.1, 0.15) is 5.75 Å². The largest absolute Gasteiger partial charge is 0.465 e. The Bertz CT molecular complexity index is 713. The van der Waals surface area contributed by atoms with Gasteiger partial charge in [-0.3, -0.25) is 0 Å². The highest BCUT2D eigenvalue weighted by Crippen LogP contribution is 2.59. The third kappa shape index (κ3) is 5.00. The summed E-state index contributed by atoms with van der Waals surface area (Å²) in [6.45, 7) is 16.2. The minimum Gasteiger partial charge on any atom is -0.465 e. The van der Waals surface area contributed by atoms with Crippen molar-refractivity contribution in [2.45, 2.75) is 105 Å². The van der Waals surface area contributed by atoms with E-state index in [-0.39, 0.29) is 11.7 Å². The van der Waals surface area contributed by atoms with Crippen molar-refractivity contribution in [3.8, 4) is 5.75 Å². The van der Waals surface area contributed by atoms with Crippen molar-refractivity contribution in [2.24, 2.45) is 40.9 Å². The Balaban J connectivity index is 1.41. The first-order valence-corrected chi connectivity index (χ1v) is 13.1. The van der Waals surface area contributed by atoms with Crippen molar-refractivity contribution >= 4 is 0 Å². The lowest BCUT2D eigenvalue weighted by molar-refractivity contribution is -0.162. The van der Waals surface area contributed by atoms with Crippen LogP contribution in [0, 0.1) is 40.9 Å². The molecule has 0 heterocycles. The van der Waals surface area contributed by atoms with Crippen LogP contribution in [-0.2, 0) is 4.74 Å². The van der Waals surface area contributed by atoms with Crippen LogP contribution >= 0.6 is 0 Å². The summed E-state index contributed by atoms with van der Waals surface area (Å²) in [4.78, 5) is 0. The SMILES string of the molecule is CC(C)CC(c1ccc(OC(OC2CC3CC2C2CCCC32)C(C)C)cc1)C(C)(C)C. The molecule has 4 rings (SSSR count). The van der Waals surface area contributed by atoms with Gasteiger partial charge in [-0.05, 0) is 90.7 Å². The second-order valence-corrected chi connectivity index (χ2v) is 12.7. The number of hydrogen-bond acceptors (Lipinski definition) is 2. The van der Waals surface area contributed by atoms with Gasteiger partial charge in [-0.15, -0.1) is 0 Å². The van der Waals surface area contributed by atoms with E-state index in [0.29, 0.717) is 23.9 Å². The molecule has 0 saturated heterocycles. The van der Waals surface area contributed by atoms with Gasteiger partial charge in [-0.1, -0.05) is 67.0 Å². The van der Waals surface area contributed by atoms with Gasteiger partial charge in [0, 0.05) is 5.92 Å². The van der Waals surface area contributed by atoms with Gasteiger partial charge in [0.15, 0.2) is 0 Å². The molecule has 3 fully saturated rings. The van der Waals surface area contributed by atoms with Gasteiger partial charge >= 0.3 is 0 Å². The Morgan fingerprint density at radius 1 is 0.903 bits per heavy atom. The monoisotopic (exact) mass is 426 g/mol. The second kappa shape index (κ2) is 9.08. The Hall–Kier alpha value is -1.02. The van der Waals surface area contributed by atoms with Crippen LogP contribution in [0.3, 0.4) is 0 Å². The van der Waals surface area contributed by atoms with Gasteiger partial charge in [0.05, 0.1) is 6.10 Å². The fourth-order valence-electron chi connectivity index (χ4n) is 7.03. The summed E-state index contributed by atoms with van der Waals surface area (Å²) < 4.78 is 13.1. The van der Waals surface area contributed by atoms with Gasteiger partial charge in [0.25, 0.3) is 0 Å². The third-order valence-electron chi connectivity index (χ3n) is 8.51. The van der Waals surface area contributed by atoms with Gasteiger partial charge in [-0.2, -0.15) is 0 Å². The maximum atomic E-state index is 6.68. The van der Waals surface area contributed by atoms with E-state index in [0.717, 1.165) is 29.4 Å². The number of fused-ring (bicyclic) bond motifs is 5. The topological polar surface area (TPSA) is 18.5 Å². The Morgan fingerprint density at radius 3 is 2.19 bits per heavy atom. The van der Waals surface area contributed by atoms with Crippen molar-refractivity contribution in [2.75, 3.05) is 0 Å². The minimum atomic E-state index is -0.149. The summed E-state index contributed by atoms with van der Waals surface area (Å²) in [7, 11) is 0. The molecule has 1 aromatic carbocycles. The molecule has 1 aromatic rings. The zero-order chi connectivity index (χ0) is 22.3. The Kier molecular flexibility index (Phi) is 6.78. The molecule has 31 heavy (non-hydrogen) atoms. The summed E-state index contributed by atoms with van der Waals surface area (Å²) >= 11 is 0. The lowest BCUT2D eigenvalue weighted by Crippen LogP contribution is -2.37. The molecule has 3 saturated carbocycles. The second-order valence-electron chi connectivity index (χ2n) is 12.7. The molecule has 0 aromatic heterocycles. The van der Waals surface area contributed by atoms with Crippen LogP contribution in [-0.4, -0.2) is 12.4 Å². The number of benzene rings is 1. The summed E-state index contributed by atoms with van der Waals surface area (Å²) in [5.74, 6) is 6.21. The van der Waals surface area contributed by atoms with Crippen LogP contribution in [0.1, 0.15) is 98.5 Å². The van der Waals surface area contributed by atoms with E-state index in [9.17, 15) is 0 Å². The number of hydrogen-bond donors (Lipinski definition) is 0. The van der Waals surface area contributed by atoms with E-state index in [2.05, 4.69) is 72.7 Å². The molecular weight excluding hydrogens is 380 g/mol. The van der Waals surface area contributed by atoms with E-state index in [4.69, 9.17) is 9.47 Å². The molecule has 2 heteroatoms. The molecule has 7 unspecified atom stereocenters. The summed E-state index contributed by atoms with van der Waals surface area (Å²) in [5, 5.41) is 0. The molecule has 3 aliphatic rings. The predicted molar refractivity (Wildman–Crippen MR) is 129 cm³/mol. The molecule has 0 radical (unpaired) electrons. The normalized spacial score (nSPS) is 32.0. The van der Waals surface area contributed by atoms with E-state index in [1.165, 1.54) is 44.1 Å². The van der Waals surface area contributed by atoms with Crippen molar-refractivity contribution in [3.05, 3.63) is 29.8 Å².